The first-order valence-corrected chi connectivity index (χ1v) is 9.15. The first kappa shape index (κ1) is 18.7. The van der Waals surface area contributed by atoms with Crippen LogP contribution in [0.15, 0.2) is 54.6 Å². The monoisotopic (exact) mass is 362 g/mol. The zero-order valence-electron chi connectivity index (χ0n) is 16.1. The van der Waals surface area contributed by atoms with Crippen LogP contribution in [0.5, 0.6) is 5.75 Å². The first-order valence-electron chi connectivity index (χ1n) is 9.15. The van der Waals surface area contributed by atoms with Crippen molar-refractivity contribution in [2.24, 2.45) is 0 Å². The van der Waals surface area contributed by atoms with Crippen LogP contribution in [-0.2, 0) is 13.0 Å². The summed E-state index contributed by atoms with van der Waals surface area (Å²) in [4.78, 5) is 9.07. The number of benzene rings is 2. The number of anilines is 2. The van der Waals surface area contributed by atoms with Gasteiger partial charge in [-0.15, -0.1) is 0 Å². The molecule has 0 aliphatic rings. The van der Waals surface area contributed by atoms with E-state index in [1.807, 2.05) is 25.1 Å². The van der Waals surface area contributed by atoms with Crippen molar-refractivity contribution in [1.82, 2.24) is 9.97 Å². The molecule has 0 unspecified atom stereocenters. The van der Waals surface area contributed by atoms with Gasteiger partial charge in [0.2, 0.25) is 5.95 Å². The molecule has 2 aromatic carbocycles. The maximum absolute atomic E-state index is 5.19. The highest BCUT2D eigenvalue weighted by Crippen LogP contribution is 2.14. The predicted molar refractivity (Wildman–Crippen MR) is 110 cm³/mol. The third-order valence-electron chi connectivity index (χ3n) is 4.43. The number of nitrogens with one attached hydrogen (secondary N) is 2. The number of hydrogen-bond donors (Lipinski definition) is 2. The number of ether oxygens (including phenoxy) is 1. The van der Waals surface area contributed by atoms with Gasteiger partial charge in [0.1, 0.15) is 11.6 Å². The molecule has 3 rings (SSSR count). The summed E-state index contributed by atoms with van der Waals surface area (Å²) in [5, 5.41) is 6.72. The molecule has 5 heteroatoms. The second-order valence-corrected chi connectivity index (χ2v) is 6.52. The molecule has 2 N–H and O–H groups in total. The van der Waals surface area contributed by atoms with Crippen molar-refractivity contribution < 1.29 is 4.74 Å². The number of hydrogen-bond acceptors (Lipinski definition) is 5. The van der Waals surface area contributed by atoms with Crippen LogP contribution in [0.3, 0.4) is 0 Å². The van der Waals surface area contributed by atoms with Crippen molar-refractivity contribution in [1.29, 1.82) is 0 Å². The minimum atomic E-state index is 0.649. The fourth-order valence-electron chi connectivity index (χ4n) is 2.84. The van der Waals surface area contributed by atoms with Crippen LogP contribution >= 0.6 is 0 Å². The molecule has 0 fully saturated rings. The third kappa shape index (κ3) is 5.45. The van der Waals surface area contributed by atoms with E-state index < -0.39 is 0 Å². The Labute approximate surface area is 160 Å². The van der Waals surface area contributed by atoms with Gasteiger partial charge in [0.15, 0.2) is 0 Å². The lowest BCUT2D eigenvalue weighted by Gasteiger charge is -2.11. The van der Waals surface area contributed by atoms with E-state index in [0.717, 1.165) is 36.8 Å². The maximum atomic E-state index is 5.19. The van der Waals surface area contributed by atoms with Gasteiger partial charge in [-0.1, -0.05) is 36.4 Å². The van der Waals surface area contributed by atoms with Gasteiger partial charge < -0.3 is 15.4 Å². The summed E-state index contributed by atoms with van der Waals surface area (Å²) in [7, 11) is 1.68. The van der Waals surface area contributed by atoms with Crippen molar-refractivity contribution >= 4 is 11.8 Å². The molecular weight excluding hydrogens is 336 g/mol. The van der Waals surface area contributed by atoms with Crippen LogP contribution in [-0.4, -0.2) is 23.6 Å². The number of rotatable bonds is 8. The minimum Gasteiger partial charge on any atom is -0.497 e. The Balaban J connectivity index is 1.57. The molecule has 0 amide bonds. The van der Waals surface area contributed by atoms with Gasteiger partial charge in [-0.05, 0) is 49.1 Å². The zero-order chi connectivity index (χ0) is 19.1. The minimum absolute atomic E-state index is 0.649. The summed E-state index contributed by atoms with van der Waals surface area (Å²) < 4.78 is 5.19. The van der Waals surface area contributed by atoms with Crippen LogP contribution in [0, 0.1) is 13.8 Å². The molecule has 0 aliphatic carbocycles. The molecule has 0 aliphatic heterocycles. The van der Waals surface area contributed by atoms with E-state index in [1.54, 1.807) is 7.11 Å². The van der Waals surface area contributed by atoms with Gasteiger partial charge >= 0.3 is 0 Å². The molecule has 0 radical (unpaired) electrons. The van der Waals surface area contributed by atoms with Crippen molar-refractivity contribution in [3.05, 3.63) is 77.0 Å². The molecule has 3 aromatic rings. The van der Waals surface area contributed by atoms with Crippen molar-refractivity contribution in [3.63, 3.8) is 0 Å². The molecule has 0 atom stereocenters. The fourth-order valence-corrected chi connectivity index (χ4v) is 2.84. The molecule has 1 aromatic heterocycles. The number of aryl methyl sites for hydroxylation is 2. The van der Waals surface area contributed by atoms with Crippen molar-refractivity contribution in [3.8, 4) is 5.75 Å². The second kappa shape index (κ2) is 9.03. The summed E-state index contributed by atoms with van der Waals surface area (Å²) in [5.41, 5.74) is 4.72. The van der Waals surface area contributed by atoms with E-state index in [0.29, 0.717) is 5.95 Å². The van der Waals surface area contributed by atoms with Gasteiger partial charge in [0.05, 0.1) is 7.11 Å². The van der Waals surface area contributed by atoms with Crippen LogP contribution in [0.2, 0.25) is 0 Å². The Hall–Kier alpha value is -3.08. The maximum Gasteiger partial charge on any atom is 0.224 e. The van der Waals surface area contributed by atoms with E-state index in [2.05, 4.69) is 63.9 Å². The SMILES string of the molecule is COc1ccc(CCNc2nc(C)cc(NCc3ccccc3C)n2)cc1. The summed E-state index contributed by atoms with van der Waals surface area (Å²) in [5.74, 6) is 2.35. The van der Waals surface area contributed by atoms with Crippen LogP contribution in [0.1, 0.15) is 22.4 Å². The molecule has 140 valence electrons. The lowest BCUT2D eigenvalue weighted by atomic mass is 10.1. The Morgan fingerprint density at radius 3 is 2.44 bits per heavy atom. The molecule has 1 heterocycles. The Morgan fingerprint density at radius 1 is 0.926 bits per heavy atom. The van der Waals surface area contributed by atoms with E-state index in [9.17, 15) is 0 Å². The Bertz CT molecular complexity index is 878. The standard InChI is InChI=1S/C22H26N4O/c1-16-6-4-5-7-19(16)15-24-21-14-17(2)25-22(26-21)23-13-12-18-8-10-20(27-3)11-9-18/h4-11,14H,12-13,15H2,1-3H3,(H2,23,24,25,26). The number of methoxy groups -OCH3 is 1. The highest BCUT2D eigenvalue weighted by molar-refractivity contribution is 5.43. The summed E-state index contributed by atoms with van der Waals surface area (Å²) in [6.45, 7) is 5.62. The van der Waals surface area contributed by atoms with E-state index in [-0.39, 0.29) is 0 Å². The van der Waals surface area contributed by atoms with Crippen LogP contribution in [0.4, 0.5) is 11.8 Å². The molecule has 0 saturated carbocycles. The third-order valence-corrected chi connectivity index (χ3v) is 4.43. The fraction of sp³-hybridized carbons (Fsp3) is 0.273. The average Bonchev–Trinajstić information content (AvgIpc) is 2.67. The molecule has 0 spiro atoms. The molecule has 0 bridgehead atoms. The lowest BCUT2D eigenvalue weighted by molar-refractivity contribution is 0.414. The Morgan fingerprint density at radius 2 is 1.70 bits per heavy atom. The van der Waals surface area contributed by atoms with Crippen molar-refractivity contribution in [2.45, 2.75) is 26.8 Å². The van der Waals surface area contributed by atoms with Gasteiger partial charge in [0.25, 0.3) is 0 Å². The number of nitrogens with zero attached hydrogens (tertiary/aromatic N) is 2. The van der Waals surface area contributed by atoms with Crippen LogP contribution in [0.25, 0.3) is 0 Å². The first-order chi connectivity index (χ1) is 13.1. The molecule has 27 heavy (non-hydrogen) atoms. The van der Waals surface area contributed by atoms with E-state index in [4.69, 9.17) is 4.74 Å². The summed E-state index contributed by atoms with van der Waals surface area (Å²) in [6.07, 6.45) is 0.896. The average molecular weight is 362 g/mol. The summed E-state index contributed by atoms with van der Waals surface area (Å²) >= 11 is 0. The lowest BCUT2D eigenvalue weighted by Crippen LogP contribution is -2.11. The van der Waals surface area contributed by atoms with Gasteiger partial charge in [-0.3, -0.25) is 0 Å². The highest BCUT2D eigenvalue weighted by atomic mass is 16.5. The molecule has 5 nitrogen and oxygen atoms in total. The number of aromatic nitrogens is 2. The van der Waals surface area contributed by atoms with E-state index >= 15 is 0 Å². The van der Waals surface area contributed by atoms with Crippen molar-refractivity contribution in [2.75, 3.05) is 24.3 Å². The summed E-state index contributed by atoms with van der Waals surface area (Å²) in [6, 6.07) is 18.4. The molecule has 0 saturated heterocycles. The van der Waals surface area contributed by atoms with Gasteiger partial charge in [0, 0.05) is 24.8 Å². The van der Waals surface area contributed by atoms with Crippen LogP contribution < -0.4 is 15.4 Å². The topological polar surface area (TPSA) is 59.1 Å². The second-order valence-electron chi connectivity index (χ2n) is 6.52. The highest BCUT2D eigenvalue weighted by Gasteiger charge is 2.04. The van der Waals surface area contributed by atoms with E-state index in [1.165, 1.54) is 16.7 Å². The Kier molecular flexibility index (Phi) is 6.26. The van der Waals surface area contributed by atoms with Gasteiger partial charge in [-0.25, -0.2) is 4.98 Å². The largest absolute Gasteiger partial charge is 0.497 e. The smallest absolute Gasteiger partial charge is 0.224 e. The van der Waals surface area contributed by atoms with Gasteiger partial charge in [-0.2, -0.15) is 4.98 Å². The normalized spacial score (nSPS) is 10.5. The predicted octanol–water partition coefficient (Wildman–Crippen LogP) is 4.37. The molecular formula is C22H26N4O. The quantitative estimate of drug-likeness (QED) is 0.623. The zero-order valence-corrected chi connectivity index (χ0v) is 16.1.